The summed E-state index contributed by atoms with van der Waals surface area (Å²) in [6, 6.07) is 16.9. The molecule has 0 fully saturated rings. The van der Waals surface area contributed by atoms with Crippen molar-refractivity contribution in [3.8, 4) is 11.3 Å². The van der Waals surface area contributed by atoms with Gasteiger partial charge in [-0.3, -0.25) is 4.79 Å². The minimum absolute atomic E-state index is 0.224. The van der Waals surface area contributed by atoms with E-state index in [2.05, 4.69) is 24.3 Å². The monoisotopic (exact) mass is 392 g/mol. The van der Waals surface area contributed by atoms with E-state index < -0.39 is 18.5 Å². The van der Waals surface area contributed by atoms with Crippen molar-refractivity contribution in [2.24, 2.45) is 0 Å². The van der Waals surface area contributed by atoms with Gasteiger partial charge in [-0.25, -0.2) is 4.79 Å². The van der Waals surface area contributed by atoms with Crippen molar-refractivity contribution in [3.63, 3.8) is 0 Å². The normalized spacial score (nSPS) is 11.7. The fourth-order valence-corrected chi connectivity index (χ4v) is 2.94. The topological polar surface area (TPSA) is 81.4 Å². The highest BCUT2D eigenvalue weighted by Gasteiger charge is 2.23. The number of carbonyl (C=O) groups excluding carboxylic acids is 2. The Labute approximate surface area is 169 Å². The molecule has 1 atom stereocenters. The Morgan fingerprint density at radius 3 is 2.45 bits per heavy atom. The first kappa shape index (κ1) is 20.3. The zero-order valence-corrected chi connectivity index (χ0v) is 16.8. The number of hydrogen-bond acceptors (Lipinski definition) is 5. The van der Waals surface area contributed by atoms with Crippen LogP contribution < -0.4 is 5.32 Å². The van der Waals surface area contributed by atoms with Gasteiger partial charge in [-0.1, -0.05) is 61.5 Å². The van der Waals surface area contributed by atoms with E-state index in [4.69, 9.17) is 9.26 Å². The van der Waals surface area contributed by atoms with Crippen LogP contribution in [0.5, 0.6) is 0 Å². The molecule has 29 heavy (non-hydrogen) atoms. The largest absolute Gasteiger partial charge is 0.452 e. The number of hydrogen-bond donors (Lipinski definition) is 1. The van der Waals surface area contributed by atoms with Crippen molar-refractivity contribution >= 4 is 17.6 Å². The third-order valence-corrected chi connectivity index (χ3v) is 4.82. The number of anilines is 1. The number of ether oxygens (including phenoxy) is 1. The van der Waals surface area contributed by atoms with E-state index >= 15 is 0 Å². The highest BCUT2D eigenvalue weighted by molar-refractivity contribution is 5.99. The van der Waals surface area contributed by atoms with Crippen LogP contribution in [0.2, 0.25) is 0 Å². The highest BCUT2D eigenvalue weighted by Crippen LogP contribution is 2.25. The van der Waals surface area contributed by atoms with Crippen LogP contribution in [-0.4, -0.2) is 23.6 Å². The minimum Gasteiger partial charge on any atom is -0.452 e. The molecule has 1 N–H and O–H groups in total. The van der Waals surface area contributed by atoms with Crippen molar-refractivity contribution in [2.75, 3.05) is 11.9 Å². The molecule has 0 radical (unpaired) electrons. The van der Waals surface area contributed by atoms with Gasteiger partial charge in [-0.2, -0.15) is 0 Å². The average Bonchev–Trinajstić information content (AvgIpc) is 3.14. The molecule has 6 nitrogen and oxygen atoms in total. The van der Waals surface area contributed by atoms with Gasteiger partial charge in [0.15, 0.2) is 6.61 Å². The fraction of sp³-hybridized carbons (Fsp3) is 0.261. The number of benzene rings is 2. The molecule has 3 rings (SSSR count). The number of aryl methyl sites for hydroxylation is 1. The van der Waals surface area contributed by atoms with Gasteiger partial charge in [0.1, 0.15) is 17.0 Å². The van der Waals surface area contributed by atoms with Crippen LogP contribution in [0.4, 0.5) is 5.69 Å². The second-order valence-electron chi connectivity index (χ2n) is 6.88. The van der Waals surface area contributed by atoms with Gasteiger partial charge in [0.05, 0.1) is 0 Å². The minimum atomic E-state index is -0.648. The third kappa shape index (κ3) is 4.90. The molecule has 3 aromatic rings. The number of rotatable bonds is 7. The molecule has 2 aromatic carbocycles. The van der Waals surface area contributed by atoms with E-state index in [-0.39, 0.29) is 5.56 Å². The molecule has 0 saturated heterocycles. The molecule has 0 spiro atoms. The number of nitrogens with one attached hydrogen (secondary N) is 1. The summed E-state index contributed by atoms with van der Waals surface area (Å²) in [6.45, 7) is 5.53. The SMILES string of the molecule is CC[C@@H](C)c1ccc(NC(=O)COC(=O)c2c(-c3ccccc3)noc2C)cc1. The van der Waals surface area contributed by atoms with Gasteiger partial charge in [0.2, 0.25) is 0 Å². The summed E-state index contributed by atoms with van der Waals surface area (Å²) in [5.41, 5.74) is 3.23. The molecule has 150 valence electrons. The number of esters is 1. The van der Waals surface area contributed by atoms with Crippen molar-refractivity contribution < 1.29 is 18.8 Å². The van der Waals surface area contributed by atoms with Gasteiger partial charge < -0.3 is 14.6 Å². The summed E-state index contributed by atoms with van der Waals surface area (Å²) in [7, 11) is 0. The van der Waals surface area contributed by atoms with E-state index in [1.54, 1.807) is 6.92 Å². The zero-order chi connectivity index (χ0) is 20.8. The molecular formula is C23H24N2O4. The standard InChI is InChI=1S/C23H24N2O4/c1-4-15(2)17-10-12-19(13-11-17)24-20(26)14-28-23(27)21-16(3)29-25-22(21)18-8-6-5-7-9-18/h5-13,15H,4,14H2,1-3H3,(H,24,26)/t15-/m1/s1. The second kappa shape index (κ2) is 9.19. The predicted octanol–water partition coefficient (Wildman–Crippen LogP) is 4.96. The predicted molar refractivity (Wildman–Crippen MR) is 111 cm³/mol. The molecular weight excluding hydrogens is 368 g/mol. The van der Waals surface area contributed by atoms with Crippen LogP contribution in [0, 0.1) is 6.92 Å². The quantitative estimate of drug-likeness (QED) is 0.575. The maximum atomic E-state index is 12.5. The van der Waals surface area contributed by atoms with Gasteiger partial charge in [0, 0.05) is 11.3 Å². The molecule has 1 amide bonds. The fourth-order valence-electron chi connectivity index (χ4n) is 2.94. The Bertz CT molecular complexity index is 978. The molecule has 0 unspecified atom stereocenters. The lowest BCUT2D eigenvalue weighted by Gasteiger charge is -2.11. The summed E-state index contributed by atoms with van der Waals surface area (Å²) in [5, 5.41) is 6.69. The lowest BCUT2D eigenvalue weighted by atomic mass is 9.99. The first-order valence-corrected chi connectivity index (χ1v) is 9.58. The van der Waals surface area contributed by atoms with E-state index in [1.807, 2.05) is 54.6 Å². The lowest BCUT2D eigenvalue weighted by molar-refractivity contribution is -0.119. The van der Waals surface area contributed by atoms with Crippen LogP contribution in [0.1, 0.15) is 47.9 Å². The van der Waals surface area contributed by atoms with Crippen LogP contribution in [0.3, 0.4) is 0 Å². The van der Waals surface area contributed by atoms with E-state index in [0.29, 0.717) is 23.1 Å². The molecule has 0 aliphatic heterocycles. The number of aromatic nitrogens is 1. The number of carbonyl (C=O) groups is 2. The second-order valence-corrected chi connectivity index (χ2v) is 6.88. The summed E-state index contributed by atoms with van der Waals surface area (Å²) >= 11 is 0. The van der Waals surface area contributed by atoms with Crippen molar-refractivity contribution in [2.45, 2.75) is 33.1 Å². The van der Waals surface area contributed by atoms with Crippen LogP contribution >= 0.6 is 0 Å². The van der Waals surface area contributed by atoms with Crippen molar-refractivity contribution in [3.05, 3.63) is 71.5 Å². The summed E-state index contributed by atoms with van der Waals surface area (Å²) in [6.07, 6.45) is 1.05. The summed E-state index contributed by atoms with van der Waals surface area (Å²) in [5.74, 6) is -0.254. The lowest BCUT2D eigenvalue weighted by Crippen LogP contribution is -2.21. The van der Waals surface area contributed by atoms with E-state index in [0.717, 1.165) is 12.0 Å². The first-order chi connectivity index (χ1) is 14.0. The summed E-state index contributed by atoms with van der Waals surface area (Å²) < 4.78 is 10.4. The molecule has 0 aliphatic rings. The zero-order valence-electron chi connectivity index (χ0n) is 16.8. The van der Waals surface area contributed by atoms with Crippen molar-refractivity contribution in [1.29, 1.82) is 0 Å². The molecule has 0 saturated carbocycles. The van der Waals surface area contributed by atoms with Gasteiger partial charge >= 0.3 is 5.97 Å². The number of amides is 1. The maximum absolute atomic E-state index is 12.5. The Balaban J connectivity index is 1.61. The first-order valence-electron chi connectivity index (χ1n) is 9.58. The smallest absolute Gasteiger partial charge is 0.344 e. The Morgan fingerprint density at radius 2 is 1.79 bits per heavy atom. The molecule has 1 heterocycles. The van der Waals surface area contributed by atoms with E-state index in [1.165, 1.54) is 5.56 Å². The van der Waals surface area contributed by atoms with Gasteiger partial charge in [-0.15, -0.1) is 0 Å². The maximum Gasteiger partial charge on any atom is 0.344 e. The van der Waals surface area contributed by atoms with Crippen molar-refractivity contribution in [1.82, 2.24) is 5.16 Å². The highest BCUT2D eigenvalue weighted by atomic mass is 16.5. The molecule has 0 bridgehead atoms. The Hall–Kier alpha value is -3.41. The van der Waals surface area contributed by atoms with E-state index in [9.17, 15) is 9.59 Å². The Morgan fingerprint density at radius 1 is 1.10 bits per heavy atom. The summed E-state index contributed by atoms with van der Waals surface area (Å²) in [4.78, 5) is 24.7. The van der Waals surface area contributed by atoms with Gasteiger partial charge in [-0.05, 0) is 37.0 Å². The average molecular weight is 392 g/mol. The van der Waals surface area contributed by atoms with Crippen LogP contribution in [0.15, 0.2) is 59.1 Å². The third-order valence-electron chi connectivity index (χ3n) is 4.82. The van der Waals surface area contributed by atoms with Crippen LogP contribution in [0.25, 0.3) is 11.3 Å². The molecule has 0 aliphatic carbocycles. The van der Waals surface area contributed by atoms with Gasteiger partial charge in [0.25, 0.3) is 5.91 Å². The molecule has 1 aromatic heterocycles. The van der Waals surface area contributed by atoms with Crippen LogP contribution in [-0.2, 0) is 9.53 Å². The number of nitrogens with zero attached hydrogens (tertiary/aromatic N) is 1. The Kier molecular flexibility index (Phi) is 6.44. The molecule has 6 heteroatoms.